The molecular formula is C26H50N3O+. The van der Waals surface area contributed by atoms with E-state index in [1.807, 2.05) is 0 Å². The first kappa shape index (κ1) is 26.9. The summed E-state index contributed by atoms with van der Waals surface area (Å²) >= 11 is 0. The third-order valence-corrected chi connectivity index (χ3v) is 6.64. The summed E-state index contributed by atoms with van der Waals surface area (Å²) in [4.78, 5) is 15.9. The highest BCUT2D eigenvalue weighted by Gasteiger charge is 2.37. The molecule has 1 heterocycles. The van der Waals surface area contributed by atoms with Crippen molar-refractivity contribution in [1.29, 1.82) is 0 Å². The zero-order chi connectivity index (χ0) is 21.9. The highest BCUT2D eigenvalue weighted by molar-refractivity contribution is 5.72. The lowest BCUT2D eigenvalue weighted by Gasteiger charge is -2.38. The lowest BCUT2D eigenvalue weighted by atomic mass is 10.1. The number of likely N-dealkylation sites (N-methyl/N-ethyl adjacent to an activating group) is 1. The van der Waals surface area contributed by atoms with Crippen molar-refractivity contribution in [2.45, 2.75) is 117 Å². The van der Waals surface area contributed by atoms with E-state index in [1.54, 1.807) is 6.92 Å². The van der Waals surface area contributed by atoms with Crippen LogP contribution in [0.4, 0.5) is 0 Å². The number of allylic oxidation sites excluding steroid dienone is 2. The molecule has 0 radical (unpaired) electrons. The molecule has 0 aromatic heterocycles. The molecule has 0 fully saturated rings. The van der Waals surface area contributed by atoms with Gasteiger partial charge in [0, 0.05) is 13.3 Å². The van der Waals surface area contributed by atoms with Gasteiger partial charge in [0.1, 0.15) is 6.54 Å². The minimum atomic E-state index is 0.0649. The molecule has 1 aliphatic rings. The lowest BCUT2D eigenvalue weighted by Crippen LogP contribution is -2.55. The van der Waals surface area contributed by atoms with E-state index < -0.39 is 0 Å². The first-order valence-electron chi connectivity index (χ1n) is 12.9. The molecule has 0 bridgehead atoms. The Labute approximate surface area is 187 Å². The number of quaternary nitrogens is 1. The quantitative estimate of drug-likeness (QED) is 0.146. The van der Waals surface area contributed by atoms with Gasteiger partial charge in [0.05, 0.1) is 25.8 Å². The van der Waals surface area contributed by atoms with Gasteiger partial charge in [-0.1, -0.05) is 70.4 Å². The molecule has 1 rings (SSSR count). The third kappa shape index (κ3) is 11.9. The van der Waals surface area contributed by atoms with Gasteiger partial charge in [0.15, 0.2) is 6.17 Å². The number of nitrogens with zero attached hydrogens (tertiary/aromatic N) is 2. The molecule has 0 spiro atoms. The van der Waals surface area contributed by atoms with E-state index in [2.05, 4.69) is 37.5 Å². The van der Waals surface area contributed by atoms with E-state index in [0.717, 1.165) is 37.1 Å². The van der Waals surface area contributed by atoms with Gasteiger partial charge >= 0.3 is 0 Å². The molecule has 4 heteroatoms. The molecule has 0 saturated carbocycles. The molecule has 0 aromatic rings. The SMILES string of the molecule is CCCCCCCCCCC/C=C/CCCCC1N=CC[N+]1(CC)CCNC(C)=O. The summed E-state index contributed by atoms with van der Waals surface area (Å²) < 4.78 is 1.01. The molecule has 1 amide bonds. The van der Waals surface area contributed by atoms with Crippen LogP contribution in [-0.4, -0.2) is 48.9 Å². The minimum absolute atomic E-state index is 0.0649. The van der Waals surface area contributed by atoms with E-state index in [0.29, 0.717) is 6.17 Å². The molecule has 1 N–H and O–H groups in total. The van der Waals surface area contributed by atoms with Crippen LogP contribution in [-0.2, 0) is 4.79 Å². The number of rotatable bonds is 19. The average Bonchev–Trinajstić information content (AvgIpc) is 3.13. The summed E-state index contributed by atoms with van der Waals surface area (Å²) in [6.07, 6.45) is 26.1. The first-order valence-corrected chi connectivity index (χ1v) is 12.9. The maximum absolute atomic E-state index is 11.2. The number of amides is 1. The van der Waals surface area contributed by atoms with Crippen molar-refractivity contribution in [3.8, 4) is 0 Å². The van der Waals surface area contributed by atoms with Crippen LogP contribution in [0.2, 0.25) is 0 Å². The summed E-state index contributed by atoms with van der Waals surface area (Å²) in [5.74, 6) is 0.0649. The Kier molecular flexibility index (Phi) is 15.7. The van der Waals surface area contributed by atoms with Crippen molar-refractivity contribution >= 4 is 12.1 Å². The Bertz CT molecular complexity index is 489. The third-order valence-electron chi connectivity index (χ3n) is 6.64. The van der Waals surface area contributed by atoms with E-state index >= 15 is 0 Å². The van der Waals surface area contributed by atoms with Gasteiger partial charge in [-0.05, 0) is 39.0 Å². The van der Waals surface area contributed by atoms with Gasteiger partial charge in [-0.25, -0.2) is 4.99 Å². The number of nitrogens with one attached hydrogen (secondary N) is 1. The summed E-state index contributed by atoms with van der Waals surface area (Å²) in [5, 5.41) is 2.95. The fraction of sp³-hybridized carbons (Fsp3) is 0.846. The van der Waals surface area contributed by atoms with Gasteiger partial charge in [-0.3, -0.25) is 9.28 Å². The normalized spacial score (nSPS) is 21.0. The predicted molar refractivity (Wildman–Crippen MR) is 131 cm³/mol. The topological polar surface area (TPSA) is 41.5 Å². The zero-order valence-corrected chi connectivity index (χ0v) is 20.3. The second kappa shape index (κ2) is 17.5. The standard InChI is InChI=1S/C26H49N3O/c1-4-6-7-8-9-10-11-12-13-14-15-16-17-18-19-20-26-28-22-24-29(26,5-2)23-21-27-25(3)30/h15-16,22,26H,4-14,17-21,23-24H2,1-3H3/p+1/b16-15+. The van der Waals surface area contributed by atoms with Gasteiger partial charge in [0.25, 0.3) is 0 Å². The van der Waals surface area contributed by atoms with E-state index in [9.17, 15) is 4.79 Å². The molecule has 2 unspecified atom stereocenters. The second-order valence-corrected chi connectivity index (χ2v) is 9.11. The summed E-state index contributed by atoms with van der Waals surface area (Å²) in [6, 6.07) is 0. The number of carbonyl (C=O) groups excluding carboxylic acids is 1. The second-order valence-electron chi connectivity index (χ2n) is 9.11. The van der Waals surface area contributed by atoms with Crippen LogP contribution >= 0.6 is 0 Å². The molecule has 0 aromatic carbocycles. The maximum atomic E-state index is 11.2. The number of carbonyl (C=O) groups is 1. The van der Waals surface area contributed by atoms with E-state index in [-0.39, 0.29) is 5.91 Å². The maximum Gasteiger partial charge on any atom is 0.217 e. The predicted octanol–water partition coefficient (Wildman–Crippen LogP) is 6.41. The Morgan fingerprint density at radius 3 is 2.17 bits per heavy atom. The Morgan fingerprint density at radius 2 is 1.57 bits per heavy atom. The average molecular weight is 421 g/mol. The summed E-state index contributed by atoms with van der Waals surface area (Å²) in [7, 11) is 0. The van der Waals surface area contributed by atoms with Gasteiger partial charge in [-0.2, -0.15) is 0 Å². The Balaban J connectivity index is 2.03. The van der Waals surface area contributed by atoms with Crippen molar-refractivity contribution in [3.63, 3.8) is 0 Å². The van der Waals surface area contributed by atoms with Crippen molar-refractivity contribution in [1.82, 2.24) is 5.32 Å². The van der Waals surface area contributed by atoms with Crippen molar-refractivity contribution < 1.29 is 9.28 Å². The van der Waals surface area contributed by atoms with Crippen molar-refractivity contribution in [3.05, 3.63) is 12.2 Å². The fourth-order valence-electron chi connectivity index (χ4n) is 4.53. The molecule has 0 aliphatic carbocycles. The first-order chi connectivity index (χ1) is 14.6. The van der Waals surface area contributed by atoms with Crippen LogP contribution in [0.3, 0.4) is 0 Å². The minimum Gasteiger partial charge on any atom is -0.351 e. The Morgan fingerprint density at radius 1 is 0.967 bits per heavy atom. The van der Waals surface area contributed by atoms with Gasteiger partial charge in [0.2, 0.25) is 5.91 Å². The summed E-state index contributed by atoms with van der Waals surface area (Å²) in [6.45, 7) is 9.97. The molecule has 4 nitrogen and oxygen atoms in total. The monoisotopic (exact) mass is 420 g/mol. The molecule has 30 heavy (non-hydrogen) atoms. The number of aliphatic imine (C=N–C) groups is 1. The van der Waals surface area contributed by atoms with Crippen LogP contribution in [0, 0.1) is 0 Å². The number of hydrogen-bond donors (Lipinski definition) is 1. The zero-order valence-electron chi connectivity index (χ0n) is 20.3. The van der Waals surface area contributed by atoms with Crippen LogP contribution in [0.1, 0.15) is 111 Å². The number of hydrogen-bond acceptors (Lipinski definition) is 2. The molecular weight excluding hydrogens is 370 g/mol. The molecule has 1 aliphatic heterocycles. The van der Waals surface area contributed by atoms with Crippen molar-refractivity contribution in [2.75, 3.05) is 26.2 Å². The van der Waals surface area contributed by atoms with Crippen LogP contribution in [0.25, 0.3) is 0 Å². The van der Waals surface area contributed by atoms with Crippen LogP contribution in [0.15, 0.2) is 17.1 Å². The molecule has 174 valence electrons. The largest absolute Gasteiger partial charge is 0.351 e. The van der Waals surface area contributed by atoms with Crippen molar-refractivity contribution in [2.24, 2.45) is 4.99 Å². The molecule has 0 saturated heterocycles. The Hall–Kier alpha value is -1.16. The highest BCUT2D eigenvalue weighted by atomic mass is 16.1. The van der Waals surface area contributed by atoms with E-state index in [4.69, 9.17) is 4.99 Å². The van der Waals surface area contributed by atoms with E-state index in [1.165, 1.54) is 83.5 Å². The van der Waals surface area contributed by atoms with Gasteiger partial charge in [-0.15, -0.1) is 0 Å². The van der Waals surface area contributed by atoms with Gasteiger partial charge < -0.3 is 5.32 Å². The molecule has 2 atom stereocenters. The van der Waals surface area contributed by atoms with Crippen LogP contribution < -0.4 is 5.32 Å². The highest BCUT2D eigenvalue weighted by Crippen LogP contribution is 2.23. The van der Waals surface area contributed by atoms with Crippen LogP contribution in [0.5, 0.6) is 0 Å². The smallest absolute Gasteiger partial charge is 0.217 e. The number of unbranched alkanes of at least 4 members (excludes halogenated alkanes) is 11. The lowest BCUT2D eigenvalue weighted by molar-refractivity contribution is -0.935. The fourth-order valence-corrected chi connectivity index (χ4v) is 4.53. The summed E-state index contributed by atoms with van der Waals surface area (Å²) in [5.41, 5.74) is 0.